The first kappa shape index (κ1) is 14.0. The highest BCUT2D eigenvalue weighted by atomic mass is 16.4. The van der Waals surface area contributed by atoms with E-state index in [4.69, 9.17) is 5.11 Å². The maximum absolute atomic E-state index is 11.9. The number of hydrogen-bond donors (Lipinski definition) is 2. The summed E-state index contributed by atoms with van der Waals surface area (Å²) in [6.45, 7) is 0.418. The maximum atomic E-state index is 11.9. The molecule has 1 fully saturated rings. The molecule has 1 atom stereocenters. The Labute approximate surface area is 116 Å². The predicted octanol–water partition coefficient (Wildman–Crippen LogP) is 0.773. The van der Waals surface area contributed by atoms with Gasteiger partial charge in [0.1, 0.15) is 0 Å². The van der Waals surface area contributed by atoms with E-state index in [9.17, 15) is 14.4 Å². The van der Waals surface area contributed by atoms with E-state index in [1.54, 1.807) is 4.90 Å². The van der Waals surface area contributed by atoms with Crippen LogP contribution in [0.15, 0.2) is 30.3 Å². The smallest absolute Gasteiger partial charge is 0.303 e. The Morgan fingerprint density at radius 2 is 1.95 bits per heavy atom. The van der Waals surface area contributed by atoms with Crippen LogP contribution in [0, 0.1) is 0 Å². The molecule has 2 N–H and O–H groups in total. The molecule has 2 rings (SSSR count). The standard InChI is InChI=1S/C14H16N2O4/c17-12(6-7-14(19)20)15-10-8-13(18)16(9-10)11-4-2-1-3-5-11/h1-5,10H,6-9H2,(H,15,17)(H,19,20). The van der Waals surface area contributed by atoms with E-state index in [1.165, 1.54) is 0 Å². The second-order valence-electron chi connectivity index (χ2n) is 4.70. The molecule has 0 spiro atoms. The molecule has 1 heterocycles. The summed E-state index contributed by atoms with van der Waals surface area (Å²) in [4.78, 5) is 35.5. The lowest BCUT2D eigenvalue weighted by Gasteiger charge is -2.17. The van der Waals surface area contributed by atoms with Gasteiger partial charge < -0.3 is 15.3 Å². The Hall–Kier alpha value is -2.37. The summed E-state index contributed by atoms with van der Waals surface area (Å²) in [5.74, 6) is -1.38. The van der Waals surface area contributed by atoms with Gasteiger partial charge in [0, 0.05) is 25.1 Å². The number of rotatable bonds is 5. The summed E-state index contributed by atoms with van der Waals surface area (Å²) in [7, 11) is 0. The van der Waals surface area contributed by atoms with Gasteiger partial charge in [0.05, 0.1) is 12.5 Å². The molecular weight excluding hydrogens is 260 g/mol. The molecule has 1 saturated heterocycles. The summed E-state index contributed by atoms with van der Waals surface area (Å²) in [5, 5.41) is 11.2. The van der Waals surface area contributed by atoms with Gasteiger partial charge in [-0.25, -0.2) is 0 Å². The van der Waals surface area contributed by atoms with E-state index < -0.39 is 5.97 Å². The molecule has 0 radical (unpaired) electrons. The third-order valence-electron chi connectivity index (χ3n) is 3.12. The first-order valence-corrected chi connectivity index (χ1v) is 6.43. The topological polar surface area (TPSA) is 86.7 Å². The minimum atomic E-state index is -1.01. The third kappa shape index (κ3) is 3.57. The Morgan fingerprint density at radius 1 is 1.25 bits per heavy atom. The predicted molar refractivity (Wildman–Crippen MR) is 72.2 cm³/mol. The number of carboxylic acids is 1. The zero-order chi connectivity index (χ0) is 14.5. The van der Waals surface area contributed by atoms with Crippen molar-refractivity contribution in [2.75, 3.05) is 11.4 Å². The van der Waals surface area contributed by atoms with Gasteiger partial charge in [-0.1, -0.05) is 18.2 Å². The minimum absolute atomic E-state index is 0.0419. The highest BCUT2D eigenvalue weighted by molar-refractivity contribution is 5.96. The second-order valence-corrected chi connectivity index (χ2v) is 4.70. The molecule has 1 aromatic carbocycles. The molecule has 1 aliphatic heterocycles. The van der Waals surface area contributed by atoms with Crippen LogP contribution in [0.3, 0.4) is 0 Å². The number of carboxylic acid groups (broad SMARTS) is 1. The van der Waals surface area contributed by atoms with Gasteiger partial charge in [-0.05, 0) is 12.1 Å². The van der Waals surface area contributed by atoms with Crippen LogP contribution in [0.5, 0.6) is 0 Å². The molecule has 106 valence electrons. The minimum Gasteiger partial charge on any atom is -0.481 e. The molecule has 1 aromatic rings. The fourth-order valence-corrected chi connectivity index (χ4v) is 2.18. The van der Waals surface area contributed by atoms with Crippen LogP contribution < -0.4 is 10.2 Å². The third-order valence-corrected chi connectivity index (χ3v) is 3.12. The van der Waals surface area contributed by atoms with Gasteiger partial charge in [0.25, 0.3) is 0 Å². The normalized spacial score (nSPS) is 18.1. The van der Waals surface area contributed by atoms with Crippen LogP contribution in [0.1, 0.15) is 19.3 Å². The molecule has 6 nitrogen and oxygen atoms in total. The van der Waals surface area contributed by atoms with Crippen molar-refractivity contribution in [2.45, 2.75) is 25.3 Å². The Bertz CT molecular complexity index is 515. The van der Waals surface area contributed by atoms with Crippen LogP contribution in [0.4, 0.5) is 5.69 Å². The van der Waals surface area contributed by atoms with Crippen LogP contribution in [-0.2, 0) is 14.4 Å². The summed E-state index contributed by atoms with van der Waals surface area (Å²) in [6.07, 6.45) is -0.0199. The summed E-state index contributed by atoms with van der Waals surface area (Å²) in [6, 6.07) is 8.99. The zero-order valence-corrected chi connectivity index (χ0v) is 10.9. The zero-order valence-electron chi connectivity index (χ0n) is 10.9. The van der Waals surface area contributed by atoms with Gasteiger partial charge in [-0.15, -0.1) is 0 Å². The molecule has 0 aliphatic carbocycles. The molecule has 0 saturated carbocycles. The lowest BCUT2D eigenvalue weighted by Crippen LogP contribution is -2.37. The number of nitrogens with one attached hydrogen (secondary N) is 1. The largest absolute Gasteiger partial charge is 0.481 e. The molecule has 1 unspecified atom stereocenters. The van der Waals surface area contributed by atoms with E-state index in [0.717, 1.165) is 5.69 Å². The first-order chi connectivity index (χ1) is 9.56. The van der Waals surface area contributed by atoms with Crippen LogP contribution in [-0.4, -0.2) is 35.5 Å². The van der Waals surface area contributed by atoms with Crippen molar-refractivity contribution in [2.24, 2.45) is 0 Å². The number of benzene rings is 1. The molecule has 1 aliphatic rings. The second kappa shape index (κ2) is 6.18. The van der Waals surface area contributed by atoms with Crippen molar-refractivity contribution in [3.63, 3.8) is 0 Å². The fraction of sp³-hybridized carbons (Fsp3) is 0.357. The summed E-state index contributed by atoms with van der Waals surface area (Å²) in [5.41, 5.74) is 0.805. The lowest BCUT2D eigenvalue weighted by molar-refractivity contribution is -0.139. The van der Waals surface area contributed by atoms with E-state index in [-0.39, 0.29) is 37.1 Å². The van der Waals surface area contributed by atoms with Crippen molar-refractivity contribution >= 4 is 23.5 Å². The average molecular weight is 276 g/mol. The lowest BCUT2D eigenvalue weighted by atomic mass is 10.2. The molecule has 0 aromatic heterocycles. The SMILES string of the molecule is O=C(O)CCC(=O)NC1CC(=O)N(c2ccccc2)C1. The van der Waals surface area contributed by atoms with Crippen LogP contribution in [0.2, 0.25) is 0 Å². The van der Waals surface area contributed by atoms with Gasteiger partial charge in [-0.2, -0.15) is 0 Å². The Kier molecular flexibility index (Phi) is 4.34. The Balaban J connectivity index is 1.89. The van der Waals surface area contributed by atoms with Crippen LogP contribution in [0.25, 0.3) is 0 Å². The number of anilines is 1. The quantitative estimate of drug-likeness (QED) is 0.831. The molecule has 20 heavy (non-hydrogen) atoms. The molecule has 6 heteroatoms. The van der Waals surface area contributed by atoms with Gasteiger partial charge >= 0.3 is 5.97 Å². The maximum Gasteiger partial charge on any atom is 0.303 e. The number of carbonyl (C=O) groups excluding carboxylic acids is 2. The molecule has 0 bridgehead atoms. The van der Waals surface area contributed by atoms with Crippen molar-refractivity contribution in [3.8, 4) is 0 Å². The van der Waals surface area contributed by atoms with E-state index in [1.807, 2.05) is 30.3 Å². The number of carbonyl (C=O) groups is 3. The number of aliphatic carboxylic acids is 1. The average Bonchev–Trinajstić information content (AvgIpc) is 2.78. The highest BCUT2D eigenvalue weighted by Gasteiger charge is 2.31. The number of hydrogen-bond acceptors (Lipinski definition) is 3. The molecule has 2 amide bonds. The van der Waals surface area contributed by atoms with Gasteiger partial charge in [-0.3, -0.25) is 14.4 Å². The van der Waals surface area contributed by atoms with E-state index in [2.05, 4.69) is 5.32 Å². The Morgan fingerprint density at radius 3 is 2.60 bits per heavy atom. The number of amides is 2. The van der Waals surface area contributed by atoms with Gasteiger partial charge in [0.2, 0.25) is 11.8 Å². The summed E-state index contributed by atoms with van der Waals surface area (Å²) >= 11 is 0. The van der Waals surface area contributed by atoms with Crippen molar-refractivity contribution in [1.29, 1.82) is 0 Å². The first-order valence-electron chi connectivity index (χ1n) is 6.43. The monoisotopic (exact) mass is 276 g/mol. The number of para-hydroxylation sites is 1. The van der Waals surface area contributed by atoms with E-state index >= 15 is 0 Å². The fourth-order valence-electron chi connectivity index (χ4n) is 2.18. The number of nitrogens with zero attached hydrogens (tertiary/aromatic N) is 1. The van der Waals surface area contributed by atoms with Crippen molar-refractivity contribution in [1.82, 2.24) is 5.32 Å². The summed E-state index contributed by atoms with van der Waals surface area (Å²) < 4.78 is 0. The molecular formula is C14H16N2O4. The van der Waals surface area contributed by atoms with Gasteiger partial charge in [0.15, 0.2) is 0 Å². The van der Waals surface area contributed by atoms with Crippen molar-refractivity contribution < 1.29 is 19.5 Å². The highest BCUT2D eigenvalue weighted by Crippen LogP contribution is 2.20. The van der Waals surface area contributed by atoms with Crippen LogP contribution >= 0.6 is 0 Å². The van der Waals surface area contributed by atoms with E-state index in [0.29, 0.717) is 6.54 Å². The van der Waals surface area contributed by atoms with Crippen molar-refractivity contribution in [3.05, 3.63) is 30.3 Å².